The minimum absolute atomic E-state index is 0.0431. The summed E-state index contributed by atoms with van der Waals surface area (Å²) in [6, 6.07) is 24.5. The molecule has 0 spiro atoms. The zero-order chi connectivity index (χ0) is 22.5. The molecule has 6 heteroatoms. The first-order valence-corrected chi connectivity index (χ1v) is 10.5. The van der Waals surface area contributed by atoms with Gasteiger partial charge in [0.15, 0.2) is 11.5 Å². The van der Waals surface area contributed by atoms with Crippen LogP contribution in [0.1, 0.15) is 23.5 Å². The van der Waals surface area contributed by atoms with E-state index in [1.165, 1.54) is 0 Å². The van der Waals surface area contributed by atoms with Gasteiger partial charge in [0.05, 0.1) is 26.2 Å². The fourth-order valence-corrected chi connectivity index (χ4v) is 4.12. The summed E-state index contributed by atoms with van der Waals surface area (Å²) < 4.78 is 10.6. The summed E-state index contributed by atoms with van der Waals surface area (Å²) in [7, 11) is 3.13. The fraction of sp³-hybridized carbons (Fsp3) is 0.231. The van der Waals surface area contributed by atoms with Gasteiger partial charge in [-0.1, -0.05) is 60.7 Å². The van der Waals surface area contributed by atoms with Crippen LogP contribution in [0.4, 0.5) is 5.69 Å². The van der Waals surface area contributed by atoms with E-state index in [9.17, 15) is 9.59 Å². The molecule has 1 aliphatic rings. The van der Waals surface area contributed by atoms with Crippen molar-refractivity contribution in [2.24, 2.45) is 0 Å². The Bertz CT molecular complexity index is 1050. The number of ether oxygens (including phenoxy) is 2. The summed E-state index contributed by atoms with van der Waals surface area (Å²) in [4.78, 5) is 27.8. The first-order chi connectivity index (χ1) is 15.6. The van der Waals surface area contributed by atoms with Crippen LogP contribution in [-0.4, -0.2) is 38.6 Å². The van der Waals surface area contributed by atoms with Crippen molar-refractivity contribution in [3.8, 4) is 11.5 Å². The van der Waals surface area contributed by atoms with Gasteiger partial charge in [-0.05, 0) is 23.3 Å². The molecule has 164 valence electrons. The average molecular weight is 431 g/mol. The van der Waals surface area contributed by atoms with Gasteiger partial charge < -0.3 is 19.7 Å². The lowest BCUT2D eigenvalue weighted by molar-refractivity contribution is -0.122. The highest BCUT2D eigenvalue weighted by Gasteiger charge is 2.34. The van der Waals surface area contributed by atoms with Gasteiger partial charge in [0.25, 0.3) is 0 Å². The minimum atomic E-state index is -0.442. The molecule has 4 rings (SSSR count). The molecule has 0 bridgehead atoms. The van der Waals surface area contributed by atoms with E-state index in [0.717, 1.165) is 11.1 Å². The van der Waals surface area contributed by atoms with Crippen molar-refractivity contribution >= 4 is 17.5 Å². The van der Waals surface area contributed by atoms with Gasteiger partial charge in [0, 0.05) is 24.7 Å². The molecule has 1 heterocycles. The third kappa shape index (κ3) is 4.44. The second kappa shape index (κ2) is 9.56. The van der Waals surface area contributed by atoms with Gasteiger partial charge >= 0.3 is 0 Å². The molecule has 0 radical (unpaired) electrons. The number of anilines is 1. The summed E-state index contributed by atoms with van der Waals surface area (Å²) in [6.45, 7) is 0.399. The van der Waals surface area contributed by atoms with E-state index < -0.39 is 5.92 Å². The van der Waals surface area contributed by atoms with Gasteiger partial charge in [-0.15, -0.1) is 0 Å². The number of carbonyl (C=O) groups excluding carboxylic acids is 2. The topological polar surface area (TPSA) is 67.9 Å². The third-order valence-corrected chi connectivity index (χ3v) is 5.68. The number of benzene rings is 3. The van der Waals surface area contributed by atoms with Gasteiger partial charge in [0.2, 0.25) is 11.8 Å². The Morgan fingerprint density at radius 2 is 1.50 bits per heavy atom. The Balaban J connectivity index is 1.52. The monoisotopic (exact) mass is 430 g/mol. The van der Waals surface area contributed by atoms with Crippen LogP contribution < -0.4 is 19.7 Å². The maximum Gasteiger partial charge on any atom is 0.232 e. The lowest BCUT2D eigenvalue weighted by Crippen LogP contribution is -2.40. The zero-order valence-corrected chi connectivity index (χ0v) is 18.2. The molecule has 1 atom stereocenters. The fourth-order valence-electron chi connectivity index (χ4n) is 4.12. The summed E-state index contributed by atoms with van der Waals surface area (Å²) in [5, 5.41) is 3.10. The Hall–Kier alpha value is -3.80. The Morgan fingerprint density at radius 3 is 2.06 bits per heavy atom. The normalized spacial score (nSPS) is 15.7. The van der Waals surface area contributed by atoms with Crippen molar-refractivity contribution in [2.75, 3.05) is 25.7 Å². The maximum absolute atomic E-state index is 13.4. The van der Waals surface area contributed by atoms with Crippen LogP contribution in [0.5, 0.6) is 11.5 Å². The first kappa shape index (κ1) is 21.4. The molecule has 3 aromatic carbocycles. The number of methoxy groups -OCH3 is 2. The molecule has 1 aliphatic heterocycles. The van der Waals surface area contributed by atoms with E-state index in [2.05, 4.69) is 5.32 Å². The van der Waals surface area contributed by atoms with Gasteiger partial charge in [-0.25, -0.2) is 0 Å². The molecular formula is C26H26N2O4. The first-order valence-electron chi connectivity index (χ1n) is 10.5. The number of hydrogen-bond donors (Lipinski definition) is 1. The van der Waals surface area contributed by atoms with Crippen molar-refractivity contribution < 1.29 is 19.1 Å². The molecule has 1 fully saturated rings. The van der Waals surface area contributed by atoms with E-state index >= 15 is 0 Å². The number of nitrogens with one attached hydrogen (secondary N) is 1. The predicted molar refractivity (Wildman–Crippen MR) is 123 cm³/mol. The lowest BCUT2D eigenvalue weighted by Gasteiger charge is -2.22. The smallest absolute Gasteiger partial charge is 0.232 e. The zero-order valence-electron chi connectivity index (χ0n) is 18.2. The van der Waals surface area contributed by atoms with Crippen LogP contribution in [-0.2, 0) is 9.59 Å². The molecule has 1 unspecified atom stereocenters. The summed E-state index contributed by atoms with van der Waals surface area (Å²) >= 11 is 0. The molecule has 0 aliphatic carbocycles. The average Bonchev–Trinajstić information content (AvgIpc) is 3.19. The van der Waals surface area contributed by atoms with Gasteiger partial charge in [-0.3, -0.25) is 9.59 Å². The SMILES string of the molecule is COc1ccc(N2CC(NC(=O)C(c3ccccc3)c3ccccc3)CC2=O)cc1OC. The second-order valence-electron chi connectivity index (χ2n) is 7.71. The van der Waals surface area contributed by atoms with Crippen molar-refractivity contribution in [3.05, 3.63) is 90.0 Å². The van der Waals surface area contributed by atoms with Crippen molar-refractivity contribution in [1.29, 1.82) is 0 Å². The molecule has 0 saturated carbocycles. The van der Waals surface area contributed by atoms with Crippen molar-refractivity contribution in [1.82, 2.24) is 5.32 Å². The minimum Gasteiger partial charge on any atom is -0.493 e. The number of rotatable bonds is 7. The number of amides is 2. The summed E-state index contributed by atoms with van der Waals surface area (Å²) in [6.07, 6.45) is 0.246. The predicted octanol–water partition coefficient (Wildman–Crippen LogP) is 3.76. The lowest BCUT2D eigenvalue weighted by atomic mass is 9.90. The van der Waals surface area contributed by atoms with Crippen LogP contribution in [0.15, 0.2) is 78.9 Å². The number of carbonyl (C=O) groups is 2. The molecule has 1 saturated heterocycles. The number of nitrogens with zero attached hydrogens (tertiary/aromatic N) is 1. The molecule has 0 aromatic heterocycles. The number of hydrogen-bond acceptors (Lipinski definition) is 4. The van der Waals surface area contributed by atoms with Crippen molar-refractivity contribution in [3.63, 3.8) is 0 Å². The maximum atomic E-state index is 13.4. The highest BCUT2D eigenvalue weighted by atomic mass is 16.5. The third-order valence-electron chi connectivity index (χ3n) is 5.68. The van der Waals surface area contributed by atoms with E-state index in [1.54, 1.807) is 31.3 Å². The van der Waals surface area contributed by atoms with Gasteiger partial charge in [-0.2, -0.15) is 0 Å². The van der Waals surface area contributed by atoms with Crippen molar-refractivity contribution in [2.45, 2.75) is 18.4 Å². The Kier molecular flexibility index (Phi) is 6.40. The standard InChI is InChI=1S/C26H26N2O4/c1-31-22-14-13-21(16-23(22)32-2)28-17-20(15-24(28)29)27-26(30)25(18-9-5-3-6-10-18)19-11-7-4-8-12-19/h3-14,16,20,25H,15,17H2,1-2H3,(H,27,30). The Labute approximate surface area is 187 Å². The van der Waals surface area contributed by atoms with Gasteiger partial charge in [0.1, 0.15) is 0 Å². The molecule has 1 N–H and O–H groups in total. The van der Waals surface area contributed by atoms with Crippen LogP contribution in [0.2, 0.25) is 0 Å². The highest BCUT2D eigenvalue weighted by Crippen LogP contribution is 2.33. The van der Waals surface area contributed by atoms with E-state index in [-0.39, 0.29) is 24.3 Å². The highest BCUT2D eigenvalue weighted by molar-refractivity contribution is 5.97. The largest absolute Gasteiger partial charge is 0.493 e. The molecule has 32 heavy (non-hydrogen) atoms. The van der Waals surface area contributed by atoms with E-state index in [0.29, 0.717) is 23.7 Å². The molecular weight excluding hydrogens is 404 g/mol. The van der Waals surface area contributed by atoms with E-state index in [1.807, 2.05) is 66.7 Å². The van der Waals surface area contributed by atoms with Crippen LogP contribution in [0, 0.1) is 0 Å². The van der Waals surface area contributed by atoms with Crippen LogP contribution in [0.3, 0.4) is 0 Å². The van der Waals surface area contributed by atoms with Crippen LogP contribution >= 0.6 is 0 Å². The van der Waals surface area contributed by atoms with E-state index in [4.69, 9.17) is 9.47 Å². The second-order valence-corrected chi connectivity index (χ2v) is 7.71. The summed E-state index contributed by atoms with van der Waals surface area (Å²) in [5.41, 5.74) is 2.54. The molecule has 2 amide bonds. The van der Waals surface area contributed by atoms with Crippen LogP contribution in [0.25, 0.3) is 0 Å². The Morgan fingerprint density at radius 1 is 0.906 bits per heavy atom. The molecule has 6 nitrogen and oxygen atoms in total. The summed E-state index contributed by atoms with van der Waals surface area (Å²) in [5.74, 6) is 0.551. The quantitative estimate of drug-likeness (QED) is 0.620. The molecule has 3 aromatic rings.